The number of nitrogens with two attached hydrogens (primary N) is 1. The Kier molecular flexibility index (Phi) is 6.89. The van der Waals surface area contributed by atoms with E-state index in [-0.39, 0.29) is 5.91 Å². The van der Waals surface area contributed by atoms with Gasteiger partial charge in [-0.15, -0.1) is 0 Å². The molecule has 10 heteroatoms. The number of hydrogen-bond donors (Lipinski definition) is 2. The molecule has 3 rings (SSSR count). The second kappa shape index (κ2) is 9.23. The van der Waals surface area contributed by atoms with Crippen molar-refractivity contribution in [1.82, 2.24) is 9.21 Å². The van der Waals surface area contributed by atoms with Crippen LogP contribution in [-0.2, 0) is 14.8 Å². The van der Waals surface area contributed by atoms with E-state index in [0.717, 1.165) is 44.7 Å². The Hall–Kier alpha value is -2.30. The van der Waals surface area contributed by atoms with Gasteiger partial charge in [0.2, 0.25) is 15.9 Å². The van der Waals surface area contributed by atoms with Crippen LogP contribution in [0.2, 0.25) is 0 Å². The van der Waals surface area contributed by atoms with Crippen molar-refractivity contribution in [2.24, 2.45) is 0 Å². The van der Waals surface area contributed by atoms with Gasteiger partial charge in [0.1, 0.15) is 5.75 Å². The van der Waals surface area contributed by atoms with E-state index in [1.807, 2.05) is 6.07 Å². The van der Waals surface area contributed by atoms with Crippen molar-refractivity contribution >= 4 is 33.0 Å². The number of nitrogens with one attached hydrogen (secondary N) is 1. The van der Waals surface area contributed by atoms with Crippen molar-refractivity contribution in [3.63, 3.8) is 0 Å². The topological polar surface area (TPSA) is 108 Å². The van der Waals surface area contributed by atoms with Crippen LogP contribution < -0.4 is 20.7 Å². The van der Waals surface area contributed by atoms with Gasteiger partial charge in [-0.25, -0.2) is 12.7 Å². The van der Waals surface area contributed by atoms with E-state index in [1.54, 1.807) is 17.5 Å². The summed E-state index contributed by atoms with van der Waals surface area (Å²) in [5, 5.41) is 2.83. The highest BCUT2D eigenvalue weighted by Gasteiger charge is 2.31. The molecule has 0 unspecified atom stereocenters. The first kappa shape index (κ1) is 22.4. The Morgan fingerprint density at radius 3 is 2.37 bits per heavy atom. The Labute approximate surface area is 178 Å². The number of piperazine rings is 1. The number of anilines is 3. The first-order chi connectivity index (χ1) is 14.2. The third-order valence-corrected chi connectivity index (χ3v) is 7.16. The first-order valence-corrected chi connectivity index (χ1v) is 11.9. The molecule has 3 N–H and O–H groups in total. The van der Waals surface area contributed by atoms with Gasteiger partial charge in [-0.2, -0.15) is 0 Å². The highest BCUT2D eigenvalue weighted by atomic mass is 32.2. The molecule has 2 aliphatic heterocycles. The number of carbonyl (C=O) groups is 1. The molecule has 1 amide bonds. The molecule has 2 saturated heterocycles. The van der Waals surface area contributed by atoms with Gasteiger partial charge < -0.3 is 20.7 Å². The minimum Gasteiger partial charge on any atom is -0.495 e. The van der Waals surface area contributed by atoms with Crippen molar-refractivity contribution in [2.75, 3.05) is 68.6 Å². The second-order valence-corrected chi connectivity index (χ2v) is 9.70. The molecule has 0 radical (unpaired) electrons. The van der Waals surface area contributed by atoms with Crippen LogP contribution in [0.1, 0.15) is 12.8 Å². The van der Waals surface area contributed by atoms with Crippen LogP contribution in [0.5, 0.6) is 5.75 Å². The van der Waals surface area contributed by atoms with Crippen molar-refractivity contribution in [3.8, 4) is 5.75 Å². The van der Waals surface area contributed by atoms with E-state index in [1.165, 1.54) is 12.3 Å². The van der Waals surface area contributed by atoms with Gasteiger partial charge in [-0.3, -0.25) is 9.69 Å². The predicted molar refractivity (Wildman–Crippen MR) is 119 cm³/mol. The third kappa shape index (κ3) is 5.05. The Morgan fingerprint density at radius 2 is 1.83 bits per heavy atom. The van der Waals surface area contributed by atoms with Gasteiger partial charge in [-0.1, -0.05) is 6.58 Å². The number of benzene rings is 1. The van der Waals surface area contributed by atoms with Gasteiger partial charge in [0.25, 0.3) is 0 Å². The van der Waals surface area contributed by atoms with E-state index < -0.39 is 10.0 Å². The lowest BCUT2D eigenvalue weighted by Gasteiger charge is -2.43. The summed E-state index contributed by atoms with van der Waals surface area (Å²) in [5.41, 5.74) is 7.98. The number of amides is 1. The molecule has 0 saturated carbocycles. The number of ether oxygens (including phenoxy) is 1. The Bertz CT molecular complexity index is 889. The molecule has 1 aromatic carbocycles. The third-order valence-electron chi connectivity index (χ3n) is 5.86. The summed E-state index contributed by atoms with van der Waals surface area (Å²) in [5.74, 6) is 0.272. The number of carbonyl (C=O) groups excluding carboxylic acids is 1. The molecule has 2 aliphatic rings. The molecule has 2 fully saturated rings. The number of piperidine rings is 1. The maximum atomic E-state index is 11.9. The molecule has 2 heterocycles. The van der Waals surface area contributed by atoms with Gasteiger partial charge in [-0.05, 0) is 25.0 Å². The van der Waals surface area contributed by atoms with Gasteiger partial charge in [0.15, 0.2) is 0 Å². The van der Waals surface area contributed by atoms with Gasteiger partial charge in [0, 0.05) is 51.4 Å². The lowest BCUT2D eigenvalue weighted by Crippen LogP contribution is -2.53. The summed E-state index contributed by atoms with van der Waals surface area (Å²) in [6.07, 6.45) is 4.20. The first-order valence-electron chi connectivity index (χ1n) is 10.1. The standard InChI is InChI=1S/C20H31N5O4S/c1-4-20(26)22-17-13-16(21)19(29-2)14-18(17)24-11-9-23(10-12-24)15-5-7-25(8-6-15)30(3,27)28/h4,13-15H,1,5-12,21H2,2-3H3,(H,22,26). The molecule has 0 bridgehead atoms. The van der Waals surface area contributed by atoms with Gasteiger partial charge >= 0.3 is 0 Å². The molecule has 0 spiro atoms. The lowest BCUT2D eigenvalue weighted by molar-refractivity contribution is -0.111. The molecule has 0 aliphatic carbocycles. The zero-order chi connectivity index (χ0) is 21.9. The zero-order valence-electron chi connectivity index (χ0n) is 17.6. The van der Waals surface area contributed by atoms with Crippen molar-refractivity contribution in [1.29, 1.82) is 0 Å². The summed E-state index contributed by atoms with van der Waals surface area (Å²) in [6, 6.07) is 3.96. The fourth-order valence-corrected chi connectivity index (χ4v) is 5.05. The average Bonchev–Trinajstić information content (AvgIpc) is 2.73. The average molecular weight is 438 g/mol. The number of hydrogen-bond acceptors (Lipinski definition) is 7. The van der Waals surface area contributed by atoms with Crippen LogP contribution in [0, 0.1) is 0 Å². The van der Waals surface area contributed by atoms with Crippen LogP contribution in [0.25, 0.3) is 0 Å². The quantitative estimate of drug-likeness (QED) is 0.504. The summed E-state index contributed by atoms with van der Waals surface area (Å²) < 4.78 is 30.4. The minimum absolute atomic E-state index is 0.294. The minimum atomic E-state index is -3.11. The Morgan fingerprint density at radius 1 is 1.20 bits per heavy atom. The maximum Gasteiger partial charge on any atom is 0.247 e. The number of sulfonamides is 1. The summed E-state index contributed by atoms with van der Waals surface area (Å²) >= 11 is 0. The fourth-order valence-electron chi connectivity index (χ4n) is 4.18. The predicted octanol–water partition coefficient (Wildman–Crippen LogP) is 0.948. The summed E-state index contributed by atoms with van der Waals surface area (Å²) in [6.45, 7) is 7.98. The number of methoxy groups -OCH3 is 1. The largest absolute Gasteiger partial charge is 0.495 e. The number of nitrogens with zero attached hydrogens (tertiary/aromatic N) is 3. The van der Waals surface area contributed by atoms with E-state index >= 15 is 0 Å². The smallest absolute Gasteiger partial charge is 0.247 e. The van der Waals surface area contributed by atoms with Gasteiger partial charge in [0.05, 0.1) is 30.4 Å². The molecular weight excluding hydrogens is 406 g/mol. The van der Waals surface area contributed by atoms with Crippen molar-refractivity contribution in [3.05, 3.63) is 24.8 Å². The maximum absolute atomic E-state index is 11.9. The molecule has 166 valence electrons. The van der Waals surface area contributed by atoms with E-state index in [0.29, 0.717) is 36.3 Å². The normalized spacial score (nSPS) is 19.5. The molecule has 9 nitrogen and oxygen atoms in total. The van der Waals surface area contributed by atoms with Crippen LogP contribution in [0.15, 0.2) is 24.8 Å². The molecule has 0 atom stereocenters. The van der Waals surface area contributed by atoms with E-state index in [9.17, 15) is 13.2 Å². The van der Waals surface area contributed by atoms with Crippen LogP contribution in [0.4, 0.5) is 17.1 Å². The van der Waals surface area contributed by atoms with E-state index in [4.69, 9.17) is 10.5 Å². The number of rotatable bonds is 6. The number of nitrogen functional groups attached to an aromatic ring is 1. The SMILES string of the molecule is C=CC(=O)Nc1cc(N)c(OC)cc1N1CCN(C2CCN(S(C)(=O)=O)CC2)CC1. The highest BCUT2D eigenvalue weighted by Crippen LogP contribution is 2.36. The zero-order valence-corrected chi connectivity index (χ0v) is 18.5. The molecule has 30 heavy (non-hydrogen) atoms. The molecular formula is C20H31N5O4S. The van der Waals surface area contributed by atoms with Crippen molar-refractivity contribution < 1.29 is 17.9 Å². The monoisotopic (exact) mass is 437 g/mol. The van der Waals surface area contributed by atoms with Crippen molar-refractivity contribution in [2.45, 2.75) is 18.9 Å². The summed E-state index contributed by atoms with van der Waals surface area (Å²) in [4.78, 5) is 16.5. The van der Waals surface area contributed by atoms with Crippen LogP contribution in [-0.4, -0.2) is 82.2 Å². The van der Waals surface area contributed by atoms with Crippen LogP contribution in [0.3, 0.4) is 0 Å². The highest BCUT2D eigenvalue weighted by molar-refractivity contribution is 7.88. The summed E-state index contributed by atoms with van der Waals surface area (Å²) in [7, 11) is -1.54. The van der Waals surface area contributed by atoms with Crippen LogP contribution >= 0.6 is 0 Å². The Balaban J connectivity index is 1.67. The molecule has 1 aromatic rings. The molecule has 0 aromatic heterocycles. The van der Waals surface area contributed by atoms with E-state index in [2.05, 4.69) is 21.7 Å². The fraction of sp³-hybridized carbons (Fsp3) is 0.550. The lowest BCUT2D eigenvalue weighted by atomic mass is 10.0. The second-order valence-electron chi connectivity index (χ2n) is 7.72.